The Labute approximate surface area is 98.4 Å². The number of para-hydroxylation sites is 1. The van der Waals surface area contributed by atoms with Crippen molar-refractivity contribution in [3.8, 4) is 0 Å². The zero-order valence-electron chi connectivity index (χ0n) is 9.30. The summed E-state index contributed by atoms with van der Waals surface area (Å²) in [6, 6.07) is 6.96. The summed E-state index contributed by atoms with van der Waals surface area (Å²) in [5.74, 6) is 0.382. The van der Waals surface area contributed by atoms with Crippen LogP contribution in [0.3, 0.4) is 0 Å². The van der Waals surface area contributed by atoms with Gasteiger partial charge in [-0.2, -0.15) is 0 Å². The van der Waals surface area contributed by atoms with E-state index in [2.05, 4.69) is 9.97 Å². The van der Waals surface area contributed by atoms with E-state index < -0.39 is 9.84 Å². The Morgan fingerprint density at radius 3 is 2.71 bits per heavy atom. The molecule has 0 radical (unpaired) electrons. The van der Waals surface area contributed by atoms with Crippen LogP contribution in [0.2, 0.25) is 0 Å². The number of benzene rings is 1. The van der Waals surface area contributed by atoms with Crippen LogP contribution in [0.4, 0.5) is 0 Å². The highest BCUT2D eigenvalue weighted by molar-refractivity contribution is 7.90. The molecule has 2 aromatic rings. The quantitative estimate of drug-likeness (QED) is 0.863. The predicted molar refractivity (Wildman–Crippen MR) is 65.8 cm³/mol. The van der Waals surface area contributed by atoms with Crippen molar-refractivity contribution in [2.75, 3.05) is 12.0 Å². The van der Waals surface area contributed by atoms with Crippen LogP contribution >= 0.6 is 0 Å². The number of hydrogen-bond acceptors (Lipinski definition) is 4. The largest absolute Gasteiger partial charge is 0.310 e. The highest BCUT2D eigenvalue weighted by Gasteiger charge is 2.07. The van der Waals surface area contributed by atoms with Crippen LogP contribution in [0.25, 0.3) is 10.9 Å². The van der Waals surface area contributed by atoms with E-state index in [1.54, 1.807) is 24.3 Å². The van der Waals surface area contributed by atoms with Crippen LogP contribution in [0, 0.1) is 0 Å². The highest BCUT2D eigenvalue weighted by atomic mass is 32.2. The van der Waals surface area contributed by atoms with Crippen LogP contribution in [0.1, 0.15) is 5.82 Å². The lowest BCUT2D eigenvalue weighted by Crippen LogP contribution is -2.15. The third kappa shape index (κ3) is 2.91. The Morgan fingerprint density at radius 1 is 1.29 bits per heavy atom. The van der Waals surface area contributed by atoms with Crippen molar-refractivity contribution in [1.82, 2.24) is 9.97 Å². The molecule has 1 aromatic carbocycles. The van der Waals surface area contributed by atoms with Gasteiger partial charge in [0.25, 0.3) is 5.56 Å². The zero-order chi connectivity index (χ0) is 12.5. The van der Waals surface area contributed by atoms with E-state index in [0.29, 0.717) is 16.7 Å². The number of H-pyrrole nitrogens is 1. The van der Waals surface area contributed by atoms with E-state index in [1.807, 2.05) is 0 Å². The molecule has 0 aliphatic carbocycles. The fourth-order valence-electron chi connectivity index (χ4n) is 1.54. The Kier molecular flexibility index (Phi) is 2.97. The summed E-state index contributed by atoms with van der Waals surface area (Å²) in [6.45, 7) is 0. The van der Waals surface area contributed by atoms with Gasteiger partial charge in [0, 0.05) is 12.7 Å². The van der Waals surface area contributed by atoms with Crippen molar-refractivity contribution in [3.05, 3.63) is 40.4 Å². The number of fused-ring (bicyclic) bond motifs is 1. The summed E-state index contributed by atoms with van der Waals surface area (Å²) in [4.78, 5) is 18.5. The van der Waals surface area contributed by atoms with Gasteiger partial charge in [0.1, 0.15) is 15.7 Å². The minimum Gasteiger partial charge on any atom is -0.310 e. The molecule has 5 nitrogen and oxygen atoms in total. The monoisotopic (exact) mass is 252 g/mol. The molecule has 0 atom stereocenters. The van der Waals surface area contributed by atoms with E-state index >= 15 is 0 Å². The number of nitrogens with zero attached hydrogens (tertiary/aromatic N) is 1. The second kappa shape index (κ2) is 4.29. The van der Waals surface area contributed by atoms with Crippen LogP contribution in [0.5, 0.6) is 0 Å². The summed E-state index contributed by atoms with van der Waals surface area (Å²) in [5, 5.41) is 0.510. The molecule has 0 saturated heterocycles. The first kappa shape index (κ1) is 11.8. The zero-order valence-corrected chi connectivity index (χ0v) is 10.1. The van der Waals surface area contributed by atoms with Gasteiger partial charge in [0.05, 0.1) is 16.7 Å². The molecule has 17 heavy (non-hydrogen) atoms. The van der Waals surface area contributed by atoms with Gasteiger partial charge in [-0.1, -0.05) is 12.1 Å². The second-order valence-corrected chi connectivity index (χ2v) is 6.17. The first-order valence-corrected chi connectivity index (χ1v) is 7.17. The average Bonchev–Trinajstić information content (AvgIpc) is 2.26. The summed E-state index contributed by atoms with van der Waals surface area (Å²) in [7, 11) is -3.05. The minimum atomic E-state index is -3.05. The molecule has 6 heteroatoms. The van der Waals surface area contributed by atoms with Crippen molar-refractivity contribution in [2.24, 2.45) is 0 Å². The first-order chi connectivity index (χ1) is 7.96. The number of hydrogen-bond donors (Lipinski definition) is 1. The number of nitrogens with one attached hydrogen (secondary N) is 1. The van der Waals surface area contributed by atoms with Crippen LogP contribution < -0.4 is 5.56 Å². The predicted octanol–water partition coefficient (Wildman–Crippen LogP) is 0.510. The van der Waals surface area contributed by atoms with Crippen molar-refractivity contribution in [2.45, 2.75) is 6.42 Å². The van der Waals surface area contributed by atoms with E-state index in [0.717, 1.165) is 6.26 Å². The number of sulfone groups is 1. The molecular weight excluding hydrogens is 240 g/mol. The number of aromatic nitrogens is 2. The molecule has 0 fully saturated rings. The van der Waals surface area contributed by atoms with Gasteiger partial charge in [-0.15, -0.1) is 0 Å². The van der Waals surface area contributed by atoms with Crippen molar-refractivity contribution in [3.63, 3.8) is 0 Å². The molecule has 1 N–H and O–H groups in total. The minimum absolute atomic E-state index is 0.0196. The highest BCUT2D eigenvalue weighted by Crippen LogP contribution is 2.06. The standard InChI is InChI=1S/C11H12N2O3S/c1-17(15,16)7-6-10-12-9-5-3-2-4-8(9)11(14)13-10/h2-5H,6-7H2,1H3,(H,12,13,14). The fourth-order valence-corrected chi connectivity index (χ4v) is 2.10. The third-order valence-corrected chi connectivity index (χ3v) is 3.32. The topological polar surface area (TPSA) is 79.9 Å². The van der Waals surface area contributed by atoms with Gasteiger partial charge in [-0.05, 0) is 12.1 Å². The van der Waals surface area contributed by atoms with E-state index in [9.17, 15) is 13.2 Å². The molecule has 0 saturated carbocycles. The molecule has 0 unspecified atom stereocenters. The summed E-state index contributed by atoms with van der Waals surface area (Å²) in [6.07, 6.45) is 1.38. The number of rotatable bonds is 3. The lowest BCUT2D eigenvalue weighted by molar-refractivity contribution is 0.600. The Hall–Kier alpha value is -1.69. The van der Waals surface area contributed by atoms with Gasteiger partial charge < -0.3 is 4.98 Å². The molecule has 0 bridgehead atoms. The molecule has 2 rings (SSSR count). The Bertz CT molecular complexity index is 704. The number of aromatic amines is 1. The summed E-state index contributed by atoms with van der Waals surface area (Å²) >= 11 is 0. The molecular formula is C11H12N2O3S. The Balaban J connectivity index is 2.41. The maximum Gasteiger partial charge on any atom is 0.258 e. The van der Waals surface area contributed by atoms with Gasteiger partial charge >= 0.3 is 0 Å². The molecule has 0 spiro atoms. The summed E-state index contributed by atoms with van der Waals surface area (Å²) < 4.78 is 22.1. The van der Waals surface area contributed by atoms with Crippen LogP contribution in [-0.4, -0.2) is 30.4 Å². The molecule has 0 aliphatic heterocycles. The van der Waals surface area contributed by atoms with Crippen molar-refractivity contribution >= 4 is 20.7 Å². The molecule has 90 valence electrons. The molecule has 0 aliphatic rings. The van der Waals surface area contributed by atoms with E-state index in [4.69, 9.17) is 0 Å². The maximum atomic E-state index is 11.7. The first-order valence-electron chi connectivity index (χ1n) is 5.11. The van der Waals surface area contributed by atoms with Gasteiger partial charge in [-0.25, -0.2) is 13.4 Å². The lowest BCUT2D eigenvalue weighted by Gasteiger charge is -2.01. The molecule has 0 amide bonds. The lowest BCUT2D eigenvalue weighted by atomic mass is 10.2. The SMILES string of the molecule is CS(=O)(=O)CCc1nc2ccccc2c(=O)[nH]1. The number of aryl methyl sites for hydroxylation is 1. The Morgan fingerprint density at radius 2 is 2.00 bits per heavy atom. The molecule has 1 heterocycles. The van der Waals surface area contributed by atoms with E-state index in [-0.39, 0.29) is 17.7 Å². The van der Waals surface area contributed by atoms with Crippen LogP contribution in [0.15, 0.2) is 29.1 Å². The third-order valence-electron chi connectivity index (χ3n) is 2.37. The average molecular weight is 252 g/mol. The van der Waals surface area contributed by atoms with E-state index in [1.165, 1.54) is 0 Å². The smallest absolute Gasteiger partial charge is 0.258 e. The van der Waals surface area contributed by atoms with Gasteiger partial charge in [0.15, 0.2) is 0 Å². The normalized spacial score (nSPS) is 11.8. The fraction of sp³-hybridized carbons (Fsp3) is 0.273. The second-order valence-electron chi connectivity index (χ2n) is 3.91. The summed E-state index contributed by atoms with van der Waals surface area (Å²) in [5.41, 5.74) is 0.346. The van der Waals surface area contributed by atoms with Gasteiger partial charge in [0.2, 0.25) is 0 Å². The molecule has 1 aromatic heterocycles. The van der Waals surface area contributed by atoms with Gasteiger partial charge in [-0.3, -0.25) is 4.79 Å². The maximum absolute atomic E-state index is 11.7. The van der Waals surface area contributed by atoms with Crippen molar-refractivity contribution < 1.29 is 8.42 Å². The van der Waals surface area contributed by atoms with Crippen LogP contribution in [-0.2, 0) is 16.3 Å². The van der Waals surface area contributed by atoms with Crippen molar-refractivity contribution in [1.29, 1.82) is 0 Å².